The molecule has 0 spiro atoms. The zero-order chi connectivity index (χ0) is 12.8. The molecule has 0 aliphatic carbocycles. The Morgan fingerprint density at radius 1 is 1.47 bits per heavy atom. The van der Waals surface area contributed by atoms with Gasteiger partial charge in [0, 0.05) is 12.6 Å². The van der Waals surface area contributed by atoms with Crippen LogP contribution >= 0.6 is 0 Å². The maximum Gasteiger partial charge on any atom is 0.307 e. The van der Waals surface area contributed by atoms with Crippen LogP contribution < -0.4 is 5.32 Å². The van der Waals surface area contributed by atoms with E-state index in [1.807, 2.05) is 0 Å². The van der Waals surface area contributed by atoms with E-state index in [1.54, 1.807) is 0 Å². The number of hydrogen-bond acceptors (Lipinski definition) is 4. The molecular weight excluding hydrogens is 229 g/mol. The third-order valence-electron chi connectivity index (χ3n) is 2.04. The third-order valence-corrected chi connectivity index (χ3v) is 2.04. The summed E-state index contributed by atoms with van der Waals surface area (Å²) in [5.41, 5.74) is -0.187. The fourth-order valence-corrected chi connectivity index (χ4v) is 1.16. The highest BCUT2D eigenvalue weighted by Gasteiger charge is 2.12. The minimum atomic E-state index is -0.819. The SMILES string of the molecule is COC(=O)CCNC(=O)c1ccc(O)cc1F. The lowest BCUT2D eigenvalue weighted by Gasteiger charge is -2.05. The first kappa shape index (κ1) is 13.0. The van der Waals surface area contributed by atoms with Gasteiger partial charge in [-0.05, 0) is 12.1 Å². The highest BCUT2D eigenvalue weighted by atomic mass is 19.1. The highest BCUT2D eigenvalue weighted by Crippen LogP contribution is 2.14. The first-order chi connectivity index (χ1) is 8.04. The van der Waals surface area contributed by atoms with Crippen LogP contribution in [0.5, 0.6) is 5.75 Å². The molecule has 1 rings (SSSR count). The van der Waals surface area contributed by atoms with Gasteiger partial charge < -0.3 is 15.2 Å². The van der Waals surface area contributed by atoms with Gasteiger partial charge in [-0.25, -0.2) is 4.39 Å². The van der Waals surface area contributed by atoms with Crippen LogP contribution in [0.2, 0.25) is 0 Å². The van der Waals surface area contributed by atoms with Gasteiger partial charge >= 0.3 is 5.97 Å². The highest BCUT2D eigenvalue weighted by molar-refractivity contribution is 5.94. The van der Waals surface area contributed by atoms with Gasteiger partial charge in [0.2, 0.25) is 0 Å². The first-order valence-electron chi connectivity index (χ1n) is 4.88. The van der Waals surface area contributed by atoms with Crippen LogP contribution in [0.25, 0.3) is 0 Å². The molecule has 5 nitrogen and oxygen atoms in total. The number of benzene rings is 1. The van der Waals surface area contributed by atoms with Crippen LogP contribution in [0.1, 0.15) is 16.8 Å². The normalized spacial score (nSPS) is 9.76. The molecule has 0 atom stereocenters. The topological polar surface area (TPSA) is 75.6 Å². The molecule has 6 heteroatoms. The minimum absolute atomic E-state index is 0.0158. The Bertz CT molecular complexity index is 433. The molecule has 17 heavy (non-hydrogen) atoms. The summed E-state index contributed by atoms with van der Waals surface area (Å²) >= 11 is 0. The Kier molecular flexibility index (Phi) is 4.45. The molecule has 0 fully saturated rings. The Labute approximate surface area is 97.2 Å². The number of halogens is 1. The van der Waals surface area contributed by atoms with Crippen molar-refractivity contribution in [1.29, 1.82) is 0 Å². The number of aromatic hydroxyl groups is 1. The van der Waals surface area contributed by atoms with Crippen molar-refractivity contribution in [1.82, 2.24) is 5.32 Å². The molecule has 0 aliphatic rings. The van der Waals surface area contributed by atoms with Crippen molar-refractivity contribution in [2.24, 2.45) is 0 Å². The molecule has 0 radical (unpaired) electrons. The Morgan fingerprint density at radius 2 is 2.18 bits per heavy atom. The van der Waals surface area contributed by atoms with Gasteiger partial charge in [0.25, 0.3) is 5.91 Å². The molecule has 0 aromatic heterocycles. The number of carbonyl (C=O) groups excluding carboxylic acids is 2. The summed E-state index contributed by atoms with van der Waals surface area (Å²) in [6.07, 6.45) is 0.0158. The molecule has 0 saturated carbocycles. The first-order valence-corrected chi connectivity index (χ1v) is 4.88. The minimum Gasteiger partial charge on any atom is -0.508 e. The predicted molar refractivity (Wildman–Crippen MR) is 57.0 cm³/mol. The van der Waals surface area contributed by atoms with Gasteiger partial charge in [0.05, 0.1) is 19.1 Å². The summed E-state index contributed by atoms with van der Waals surface area (Å²) in [6, 6.07) is 3.21. The van der Waals surface area contributed by atoms with E-state index in [0.717, 1.165) is 12.1 Å². The number of nitrogens with one attached hydrogen (secondary N) is 1. The van der Waals surface area contributed by atoms with Crippen molar-refractivity contribution in [3.8, 4) is 5.75 Å². The largest absolute Gasteiger partial charge is 0.508 e. The Balaban J connectivity index is 2.55. The molecule has 1 aromatic rings. The predicted octanol–water partition coefficient (Wildman–Crippen LogP) is 0.824. The summed E-state index contributed by atoms with van der Waals surface area (Å²) in [4.78, 5) is 22.2. The van der Waals surface area contributed by atoms with Crippen LogP contribution in [0, 0.1) is 5.82 Å². The van der Waals surface area contributed by atoms with E-state index >= 15 is 0 Å². The standard InChI is InChI=1S/C11H12FNO4/c1-17-10(15)4-5-13-11(16)8-3-2-7(14)6-9(8)12/h2-3,6,14H,4-5H2,1H3,(H,13,16). The number of esters is 1. The van der Waals surface area contributed by atoms with E-state index in [1.165, 1.54) is 13.2 Å². The average molecular weight is 241 g/mol. The zero-order valence-corrected chi connectivity index (χ0v) is 9.20. The number of carbonyl (C=O) groups is 2. The lowest BCUT2D eigenvalue weighted by atomic mass is 10.2. The molecule has 0 unspecified atom stereocenters. The molecule has 0 saturated heterocycles. The summed E-state index contributed by atoms with van der Waals surface area (Å²) in [7, 11) is 1.24. The molecule has 2 N–H and O–H groups in total. The molecular formula is C11H12FNO4. The molecule has 1 amide bonds. The van der Waals surface area contributed by atoms with Crippen molar-refractivity contribution in [2.75, 3.05) is 13.7 Å². The Morgan fingerprint density at radius 3 is 2.76 bits per heavy atom. The van der Waals surface area contributed by atoms with E-state index in [2.05, 4.69) is 10.1 Å². The van der Waals surface area contributed by atoms with Crippen molar-refractivity contribution in [2.45, 2.75) is 6.42 Å². The number of hydrogen-bond donors (Lipinski definition) is 2. The van der Waals surface area contributed by atoms with Gasteiger partial charge in [-0.3, -0.25) is 9.59 Å². The second kappa shape index (κ2) is 5.83. The summed E-state index contributed by atoms with van der Waals surface area (Å²) < 4.78 is 17.6. The molecule has 0 heterocycles. The smallest absolute Gasteiger partial charge is 0.307 e. The average Bonchev–Trinajstić information content (AvgIpc) is 2.28. The van der Waals surface area contributed by atoms with E-state index < -0.39 is 17.7 Å². The van der Waals surface area contributed by atoms with Crippen LogP contribution in [0.15, 0.2) is 18.2 Å². The molecule has 0 aliphatic heterocycles. The lowest BCUT2D eigenvalue weighted by molar-refractivity contribution is -0.140. The van der Waals surface area contributed by atoms with Gasteiger partial charge in [-0.2, -0.15) is 0 Å². The van der Waals surface area contributed by atoms with Crippen molar-refractivity contribution >= 4 is 11.9 Å². The number of methoxy groups -OCH3 is 1. The van der Waals surface area contributed by atoms with E-state index in [9.17, 15) is 14.0 Å². The van der Waals surface area contributed by atoms with E-state index in [-0.39, 0.29) is 24.3 Å². The summed E-state index contributed by atoms with van der Waals surface area (Å²) in [6.45, 7) is 0.0613. The number of amides is 1. The van der Waals surface area contributed by atoms with E-state index in [4.69, 9.17) is 5.11 Å². The van der Waals surface area contributed by atoms with E-state index in [0.29, 0.717) is 0 Å². The Hall–Kier alpha value is -2.11. The summed E-state index contributed by atoms with van der Waals surface area (Å²) in [5.74, 6) is -2.18. The second-order valence-electron chi connectivity index (χ2n) is 3.25. The van der Waals surface area contributed by atoms with Gasteiger partial charge in [0.1, 0.15) is 11.6 Å². The van der Waals surface area contributed by atoms with Crippen molar-refractivity contribution < 1.29 is 23.8 Å². The fraction of sp³-hybridized carbons (Fsp3) is 0.273. The number of phenols is 1. The van der Waals surface area contributed by atoms with Gasteiger partial charge in [0.15, 0.2) is 0 Å². The van der Waals surface area contributed by atoms with Gasteiger partial charge in [-0.15, -0.1) is 0 Å². The van der Waals surface area contributed by atoms with Gasteiger partial charge in [-0.1, -0.05) is 0 Å². The monoisotopic (exact) mass is 241 g/mol. The fourth-order valence-electron chi connectivity index (χ4n) is 1.16. The summed E-state index contributed by atoms with van der Waals surface area (Å²) in [5, 5.41) is 11.3. The van der Waals surface area contributed by atoms with Crippen molar-refractivity contribution in [3.05, 3.63) is 29.6 Å². The number of ether oxygens (including phenoxy) is 1. The van der Waals surface area contributed by atoms with Crippen LogP contribution in [-0.2, 0) is 9.53 Å². The number of phenolic OH excluding ortho intramolecular Hbond substituents is 1. The third kappa shape index (κ3) is 3.75. The molecule has 0 bridgehead atoms. The zero-order valence-electron chi connectivity index (χ0n) is 9.20. The lowest BCUT2D eigenvalue weighted by Crippen LogP contribution is -2.27. The van der Waals surface area contributed by atoms with Crippen LogP contribution in [-0.4, -0.2) is 30.6 Å². The quantitative estimate of drug-likeness (QED) is 0.765. The van der Waals surface area contributed by atoms with Crippen molar-refractivity contribution in [3.63, 3.8) is 0 Å². The second-order valence-corrected chi connectivity index (χ2v) is 3.25. The molecule has 1 aromatic carbocycles. The maximum absolute atomic E-state index is 13.2. The van der Waals surface area contributed by atoms with Crippen LogP contribution in [0.3, 0.4) is 0 Å². The number of rotatable bonds is 4. The maximum atomic E-state index is 13.2. The molecule has 92 valence electrons. The van der Waals surface area contributed by atoms with Crippen LogP contribution in [0.4, 0.5) is 4.39 Å².